The Morgan fingerprint density at radius 1 is 0.784 bits per heavy atom. The maximum absolute atomic E-state index is 14.3. The molecule has 7 heteroatoms. The zero-order chi connectivity index (χ0) is 26.3. The first-order valence-corrected chi connectivity index (χ1v) is 11.7. The molecule has 0 bridgehead atoms. The molecule has 6 nitrogen and oxygen atoms in total. The van der Waals surface area contributed by atoms with Crippen LogP contribution in [0.1, 0.15) is 54.4 Å². The van der Waals surface area contributed by atoms with Crippen molar-refractivity contribution in [1.29, 1.82) is 10.5 Å². The normalized spacial score (nSPS) is 12.4. The number of nitriles is 2. The number of halogens is 1. The number of hydrogen-bond acceptors (Lipinski definition) is 4. The van der Waals surface area contributed by atoms with Crippen LogP contribution in [-0.4, -0.2) is 21.3 Å². The average Bonchev–Trinajstić information content (AvgIpc) is 3.29. The highest BCUT2D eigenvalue weighted by Gasteiger charge is 2.34. The summed E-state index contributed by atoms with van der Waals surface area (Å²) in [6.07, 6.45) is 0. The molecule has 0 radical (unpaired) electrons. The van der Waals surface area contributed by atoms with Crippen molar-refractivity contribution in [3.8, 4) is 23.3 Å². The summed E-state index contributed by atoms with van der Waals surface area (Å²) < 4.78 is 16.3. The largest absolute Gasteiger partial charge is 0.343 e. The van der Waals surface area contributed by atoms with E-state index in [4.69, 9.17) is 5.26 Å². The molecule has 0 unspecified atom stereocenters. The van der Waals surface area contributed by atoms with Crippen molar-refractivity contribution in [2.75, 3.05) is 0 Å². The SMILES string of the molecule is Cc1c(C#N)c(-c2ccc(C#N)c(F)c2)c(C)n1Cc1ccc(CN2C(=O)c3ccccc3C2=O)cc1. The van der Waals surface area contributed by atoms with Gasteiger partial charge in [-0.05, 0) is 54.8 Å². The Morgan fingerprint density at radius 2 is 1.38 bits per heavy atom. The summed E-state index contributed by atoms with van der Waals surface area (Å²) in [6, 6.07) is 22.9. The highest BCUT2D eigenvalue weighted by molar-refractivity contribution is 6.21. The fourth-order valence-electron chi connectivity index (χ4n) is 4.87. The highest BCUT2D eigenvalue weighted by Crippen LogP contribution is 2.33. The standard InChI is InChI=1S/C30H21FN4O2/c1-18-26(15-33)28(22-11-12-23(14-32)27(31)13-22)19(2)34(18)16-20-7-9-21(10-8-20)17-35-29(36)24-5-3-4-6-25(24)30(35)37/h3-13H,16-17H2,1-2H3. The first-order chi connectivity index (χ1) is 17.8. The van der Waals surface area contributed by atoms with Crippen LogP contribution in [0.2, 0.25) is 0 Å². The number of hydrogen-bond donors (Lipinski definition) is 0. The fourth-order valence-corrected chi connectivity index (χ4v) is 4.87. The topological polar surface area (TPSA) is 89.9 Å². The molecule has 5 rings (SSSR count). The van der Waals surface area contributed by atoms with Crippen LogP contribution in [0.4, 0.5) is 4.39 Å². The minimum Gasteiger partial charge on any atom is -0.343 e. The number of nitrogens with zero attached hydrogens (tertiary/aromatic N) is 4. The number of carbonyl (C=O) groups is 2. The molecule has 0 atom stereocenters. The number of benzene rings is 3. The number of fused-ring (bicyclic) bond motifs is 1. The summed E-state index contributed by atoms with van der Waals surface area (Å²) >= 11 is 0. The Labute approximate surface area is 213 Å². The van der Waals surface area contributed by atoms with Crippen LogP contribution in [0.15, 0.2) is 66.7 Å². The van der Waals surface area contributed by atoms with E-state index >= 15 is 0 Å². The van der Waals surface area contributed by atoms with Crippen LogP contribution in [0, 0.1) is 42.3 Å². The lowest BCUT2D eigenvalue weighted by molar-refractivity contribution is 0.0642. The maximum atomic E-state index is 14.3. The van der Waals surface area contributed by atoms with Crippen molar-refractivity contribution in [2.45, 2.75) is 26.9 Å². The number of carbonyl (C=O) groups excluding carboxylic acids is 2. The third kappa shape index (κ3) is 3.97. The smallest absolute Gasteiger partial charge is 0.261 e. The van der Waals surface area contributed by atoms with Gasteiger partial charge in [0, 0.05) is 23.5 Å². The lowest BCUT2D eigenvalue weighted by Crippen LogP contribution is -2.29. The van der Waals surface area contributed by atoms with Crippen molar-refractivity contribution in [3.63, 3.8) is 0 Å². The van der Waals surface area contributed by atoms with E-state index in [1.54, 1.807) is 30.3 Å². The average molecular weight is 489 g/mol. The van der Waals surface area contributed by atoms with Crippen molar-refractivity contribution in [2.24, 2.45) is 0 Å². The highest BCUT2D eigenvalue weighted by atomic mass is 19.1. The predicted molar refractivity (Wildman–Crippen MR) is 135 cm³/mol. The molecule has 0 saturated carbocycles. The number of aromatic nitrogens is 1. The number of rotatable bonds is 5. The van der Waals surface area contributed by atoms with Crippen molar-refractivity contribution in [3.05, 3.63) is 117 Å². The first-order valence-electron chi connectivity index (χ1n) is 11.7. The van der Waals surface area contributed by atoms with E-state index in [-0.39, 0.29) is 23.9 Å². The lowest BCUT2D eigenvalue weighted by Gasteiger charge is -2.15. The molecule has 4 aromatic rings. The second-order valence-corrected chi connectivity index (χ2v) is 8.98. The third-order valence-corrected chi connectivity index (χ3v) is 6.86. The van der Waals surface area contributed by atoms with Gasteiger partial charge in [0.1, 0.15) is 18.0 Å². The summed E-state index contributed by atoms with van der Waals surface area (Å²) in [6.45, 7) is 4.40. The van der Waals surface area contributed by atoms with Crippen molar-refractivity contribution < 1.29 is 14.0 Å². The van der Waals surface area contributed by atoms with Crippen molar-refractivity contribution in [1.82, 2.24) is 9.47 Å². The number of imide groups is 1. The van der Waals surface area contributed by atoms with E-state index in [1.807, 2.05) is 48.7 Å². The molecule has 0 aliphatic carbocycles. The summed E-state index contributed by atoms with van der Waals surface area (Å²) in [5.41, 5.74) is 5.82. The molecule has 0 spiro atoms. The molecule has 180 valence electrons. The zero-order valence-corrected chi connectivity index (χ0v) is 20.2. The quantitative estimate of drug-likeness (QED) is 0.347. The van der Waals surface area contributed by atoms with E-state index in [2.05, 4.69) is 6.07 Å². The lowest BCUT2D eigenvalue weighted by atomic mass is 10.00. The van der Waals surface area contributed by atoms with Crippen LogP contribution in [0.25, 0.3) is 11.1 Å². The van der Waals surface area contributed by atoms with Gasteiger partial charge < -0.3 is 4.57 Å². The molecular weight excluding hydrogens is 467 g/mol. The molecule has 1 aromatic heterocycles. The van der Waals surface area contributed by atoms with E-state index < -0.39 is 5.82 Å². The maximum Gasteiger partial charge on any atom is 0.261 e. The zero-order valence-electron chi connectivity index (χ0n) is 20.2. The van der Waals surface area contributed by atoms with Gasteiger partial charge in [-0.15, -0.1) is 0 Å². The fraction of sp³-hybridized carbons (Fsp3) is 0.133. The Hall–Kier alpha value is -5.01. The van der Waals surface area contributed by atoms with Crippen LogP contribution < -0.4 is 0 Å². The molecule has 37 heavy (non-hydrogen) atoms. The van der Waals surface area contributed by atoms with Gasteiger partial charge in [0.05, 0.1) is 28.8 Å². The monoisotopic (exact) mass is 488 g/mol. The second-order valence-electron chi connectivity index (χ2n) is 8.98. The van der Waals surface area contributed by atoms with E-state index in [1.165, 1.54) is 17.0 Å². The van der Waals surface area contributed by atoms with Gasteiger partial charge in [0.2, 0.25) is 0 Å². The van der Waals surface area contributed by atoms with Crippen molar-refractivity contribution >= 4 is 11.8 Å². The molecule has 2 heterocycles. The van der Waals surface area contributed by atoms with Gasteiger partial charge in [-0.25, -0.2) is 4.39 Å². The van der Waals surface area contributed by atoms with E-state index in [0.717, 1.165) is 22.5 Å². The van der Waals surface area contributed by atoms with Gasteiger partial charge >= 0.3 is 0 Å². The molecular formula is C30H21FN4O2. The second kappa shape index (κ2) is 9.22. The number of amides is 2. The van der Waals surface area contributed by atoms with Crippen LogP contribution in [0.3, 0.4) is 0 Å². The van der Waals surface area contributed by atoms with Gasteiger partial charge in [-0.2, -0.15) is 10.5 Å². The Kier molecular flexibility index (Phi) is 5.91. The van der Waals surface area contributed by atoms with Gasteiger partial charge in [0.25, 0.3) is 11.8 Å². The third-order valence-electron chi connectivity index (χ3n) is 6.86. The summed E-state index contributed by atoms with van der Waals surface area (Å²) in [5, 5.41) is 18.9. The first kappa shape index (κ1) is 23.7. The molecule has 2 amide bonds. The molecule has 0 N–H and O–H groups in total. The van der Waals surface area contributed by atoms with E-state index in [9.17, 15) is 19.2 Å². The molecule has 0 fully saturated rings. The molecule has 3 aromatic carbocycles. The summed E-state index contributed by atoms with van der Waals surface area (Å²) in [7, 11) is 0. The predicted octanol–water partition coefficient (Wildman–Crippen LogP) is 5.50. The van der Waals surface area contributed by atoms with E-state index in [0.29, 0.717) is 34.4 Å². The Morgan fingerprint density at radius 3 is 1.92 bits per heavy atom. The summed E-state index contributed by atoms with van der Waals surface area (Å²) in [4.78, 5) is 26.6. The summed E-state index contributed by atoms with van der Waals surface area (Å²) in [5.74, 6) is -1.21. The molecule has 1 aliphatic heterocycles. The van der Waals surface area contributed by atoms with Crippen LogP contribution >= 0.6 is 0 Å². The molecule has 1 aliphatic rings. The Balaban J connectivity index is 1.39. The van der Waals surface area contributed by atoms with Gasteiger partial charge in [-0.1, -0.05) is 42.5 Å². The Bertz CT molecular complexity index is 1630. The minimum atomic E-state index is -0.623. The molecule has 0 saturated heterocycles. The van der Waals surface area contributed by atoms with Gasteiger partial charge in [0.15, 0.2) is 0 Å². The van der Waals surface area contributed by atoms with Crippen LogP contribution in [0.5, 0.6) is 0 Å². The van der Waals surface area contributed by atoms with Gasteiger partial charge in [-0.3, -0.25) is 14.5 Å². The minimum absolute atomic E-state index is 0.0441. The van der Waals surface area contributed by atoms with Crippen LogP contribution in [-0.2, 0) is 13.1 Å².